The summed E-state index contributed by atoms with van der Waals surface area (Å²) < 4.78 is 25.4. The summed E-state index contributed by atoms with van der Waals surface area (Å²) in [5, 5.41) is 5.47. The minimum Gasteiger partial charge on any atom is -0.347 e. The first kappa shape index (κ1) is 20.9. The molecule has 1 fully saturated rings. The van der Waals surface area contributed by atoms with Crippen LogP contribution >= 0.6 is 0 Å². The molecule has 0 bridgehead atoms. The van der Waals surface area contributed by atoms with Crippen LogP contribution in [0, 0.1) is 0 Å². The molecule has 162 valence electrons. The molecule has 1 aliphatic rings. The number of urea groups is 1. The lowest BCUT2D eigenvalue weighted by molar-refractivity contribution is 0.0947. The summed E-state index contributed by atoms with van der Waals surface area (Å²) in [4.78, 5) is 30.9. The largest absolute Gasteiger partial charge is 0.347 e. The number of hydrogen-bond donors (Lipinski definition) is 2. The number of rotatable bonds is 5. The highest BCUT2D eigenvalue weighted by molar-refractivity contribution is 7.90. The Hall–Kier alpha value is -3.40. The number of carbonyl (C=O) groups is 2. The van der Waals surface area contributed by atoms with Gasteiger partial charge < -0.3 is 15.5 Å². The Bertz CT molecular complexity index is 1250. The summed E-state index contributed by atoms with van der Waals surface area (Å²) in [6.45, 7) is 1.72. The maximum absolute atomic E-state index is 12.8. The normalized spacial score (nSPS) is 14.0. The summed E-state index contributed by atoms with van der Waals surface area (Å²) in [6.07, 6.45) is 4.65. The lowest BCUT2D eigenvalue weighted by Gasteiger charge is -2.16. The van der Waals surface area contributed by atoms with Crippen LogP contribution in [0.1, 0.15) is 28.9 Å². The van der Waals surface area contributed by atoms with Gasteiger partial charge in [-0.3, -0.25) is 9.20 Å². The van der Waals surface area contributed by atoms with Gasteiger partial charge in [-0.05, 0) is 42.7 Å². The average molecular weight is 442 g/mol. The van der Waals surface area contributed by atoms with Crippen LogP contribution in [0.25, 0.3) is 5.52 Å². The lowest BCUT2D eigenvalue weighted by Crippen LogP contribution is -2.32. The van der Waals surface area contributed by atoms with Crippen LogP contribution in [-0.4, -0.2) is 54.0 Å². The van der Waals surface area contributed by atoms with Crippen molar-refractivity contribution >= 4 is 33.0 Å². The Morgan fingerprint density at radius 1 is 1.10 bits per heavy atom. The maximum Gasteiger partial charge on any atom is 0.321 e. The predicted octanol–water partition coefficient (Wildman–Crippen LogP) is 2.30. The molecule has 0 unspecified atom stereocenters. The second kappa shape index (κ2) is 8.38. The third kappa shape index (κ3) is 4.53. The van der Waals surface area contributed by atoms with E-state index in [4.69, 9.17) is 0 Å². The predicted molar refractivity (Wildman–Crippen MR) is 116 cm³/mol. The fraction of sp³-hybridized carbons (Fsp3) is 0.286. The van der Waals surface area contributed by atoms with Crippen molar-refractivity contribution in [2.75, 3.05) is 24.7 Å². The SMILES string of the molecule is CS(=O)(=O)c1nc(C(=O)NCc2cccc(NC(=O)N3CCCC3)c2)c2ccccn12. The van der Waals surface area contributed by atoms with Crippen LogP contribution < -0.4 is 10.6 Å². The maximum atomic E-state index is 12.8. The van der Waals surface area contributed by atoms with E-state index in [0.29, 0.717) is 11.2 Å². The number of hydrogen-bond acceptors (Lipinski definition) is 5. The number of aromatic nitrogens is 2. The molecule has 0 spiro atoms. The molecule has 1 aromatic carbocycles. The number of nitrogens with zero attached hydrogens (tertiary/aromatic N) is 3. The Labute approximate surface area is 180 Å². The highest BCUT2D eigenvalue weighted by atomic mass is 32.2. The smallest absolute Gasteiger partial charge is 0.321 e. The first-order valence-corrected chi connectivity index (χ1v) is 11.8. The van der Waals surface area contributed by atoms with Gasteiger partial charge >= 0.3 is 6.03 Å². The Kier molecular flexibility index (Phi) is 5.64. The number of benzene rings is 1. The van der Waals surface area contributed by atoms with Gasteiger partial charge in [-0.2, -0.15) is 0 Å². The topological polar surface area (TPSA) is 113 Å². The van der Waals surface area contributed by atoms with Crippen LogP contribution in [-0.2, 0) is 16.4 Å². The molecular formula is C21H23N5O4S. The fourth-order valence-corrected chi connectivity index (χ4v) is 4.36. The molecule has 9 nitrogen and oxygen atoms in total. The molecule has 10 heteroatoms. The van der Waals surface area contributed by atoms with E-state index in [0.717, 1.165) is 37.8 Å². The van der Waals surface area contributed by atoms with E-state index >= 15 is 0 Å². The Balaban J connectivity index is 1.48. The van der Waals surface area contributed by atoms with E-state index in [-0.39, 0.29) is 23.4 Å². The van der Waals surface area contributed by atoms with Crippen molar-refractivity contribution in [2.45, 2.75) is 24.5 Å². The zero-order valence-electron chi connectivity index (χ0n) is 17.0. The molecule has 0 aliphatic carbocycles. The number of nitrogens with one attached hydrogen (secondary N) is 2. The first-order valence-electron chi connectivity index (χ1n) is 9.93. The van der Waals surface area contributed by atoms with E-state index in [1.54, 1.807) is 47.5 Å². The third-order valence-corrected chi connectivity index (χ3v) is 6.04. The molecule has 0 radical (unpaired) electrons. The zero-order valence-corrected chi connectivity index (χ0v) is 17.9. The number of carbonyl (C=O) groups excluding carboxylic acids is 2. The second-order valence-electron chi connectivity index (χ2n) is 7.48. The van der Waals surface area contributed by atoms with Crippen LogP contribution in [0.5, 0.6) is 0 Å². The molecule has 4 rings (SSSR count). The molecule has 2 N–H and O–H groups in total. The zero-order chi connectivity index (χ0) is 22.0. The van der Waals surface area contributed by atoms with Crippen LogP contribution in [0.2, 0.25) is 0 Å². The van der Waals surface area contributed by atoms with Gasteiger partial charge in [-0.25, -0.2) is 18.2 Å². The highest BCUT2D eigenvalue weighted by Gasteiger charge is 2.22. The van der Waals surface area contributed by atoms with Crippen molar-refractivity contribution in [3.63, 3.8) is 0 Å². The van der Waals surface area contributed by atoms with E-state index in [9.17, 15) is 18.0 Å². The van der Waals surface area contributed by atoms with Crippen LogP contribution in [0.3, 0.4) is 0 Å². The van der Waals surface area contributed by atoms with E-state index in [1.165, 1.54) is 4.40 Å². The van der Waals surface area contributed by atoms with Gasteiger partial charge in [-0.15, -0.1) is 0 Å². The van der Waals surface area contributed by atoms with Gasteiger partial charge in [0, 0.05) is 37.8 Å². The molecular weight excluding hydrogens is 418 g/mol. The number of likely N-dealkylation sites (tertiary alicyclic amines) is 1. The molecule has 3 amide bonds. The second-order valence-corrected chi connectivity index (χ2v) is 9.39. The van der Waals surface area contributed by atoms with Crippen LogP contribution in [0.4, 0.5) is 10.5 Å². The molecule has 3 aromatic rings. The van der Waals surface area contributed by atoms with Crippen molar-refractivity contribution in [1.82, 2.24) is 19.6 Å². The summed E-state index contributed by atoms with van der Waals surface area (Å²) >= 11 is 0. The molecule has 31 heavy (non-hydrogen) atoms. The van der Waals surface area contributed by atoms with Gasteiger partial charge in [-0.1, -0.05) is 18.2 Å². The molecule has 2 aromatic heterocycles. The van der Waals surface area contributed by atoms with Crippen molar-refractivity contribution < 1.29 is 18.0 Å². The number of anilines is 1. The van der Waals surface area contributed by atoms with Gasteiger partial charge in [0.15, 0.2) is 5.69 Å². The summed E-state index contributed by atoms with van der Waals surface area (Å²) in [6, 6.07) is 12.1. The van der Waals surface area contributed by atoms with E-state index in [1.807, 2.05) is 6.07 Å². The minimum atomic E-state index is -3.61. The average Bonchev–Trinajstić information content (AvgIpc) is 3.40. The molecule has 0 saturated carbocycles. The first-order chi connectivity index (χ1) is 14.8. The van der Waals surface area contributed by atoms with Crippen LogP contribution in [0.15, 0.2) is 53.8 Å². The van der Waals surface area contributed by atoms with Crippen molar-refractivity contribution in [3.05, 3.63) is 59.9 Å². The molecule has 1 aliphatic heterocycles. The third-order valence-electron chi connectivity index (χ3n) is 5.09. The fourth-order valence-electron chi connectivity index (χ4n) is 3.59. The number of pyridine rings is 1. The monoisotopic (exact) mass is 441 g/mol. The van der Waals surface area contributed by atoms with Gasteiger partial charge in [0.25, 0.3) is 5.91 Å². The number of fused-ring (bicyclic) bond motifs is 1. The molecule has 1 saturated heterocycles. The quantitative estimate of drug-likeness (QED) is 0.631. The van der Waals surface area contributed by atoms with Gasteiger partial charge in [0.2, 0.25) is 15.0 Å². The van der Waals surface area contributed by atoms with Crippen molar-refractivity contribution in [1.29, 1.82) is 0 Å². The van der Waals surface area contributed by atoms with Gasteiger partial charge in [0.1, 0.15) is 0 Å². The molecule has 0 atom stereocenters. The minimum absolute atomic E-state index is 0.0412. The summed E-state index contributed by atoms with van der Waals surface area (Å²) in [5.74, 6) is -0.481. The van der Waals surface area contributed by atoms with Crippen molar-refractivity contribution in [2.24, 2.45) is 0 Å². The number of amides is 3. The number of sulfone groups is 1. The Morgan fingerprint density at radius 3 is 2.61 bits per heavy atom. The van der Waals surface area contributed by atoms with E-state index < -0.39 is 15.7 Å². The number of imidazole rings is 1. The van der Waals surface area contributed by atoms with Gasteiger partial charge in [0.05, 0.1) is 5.52 Å². The molecule has 3 heterocycles. The summed E-state index contributed by atoms with van der Waals surface area (Å²) in [5.41, 5.74) is 1.89. The standard InChI is InChI=1S/C21H23N5O4S/c1-31(29,30)21-24-18(17-9-2-3-12-26(17)21)19(27)22-14-15-7-6-8-16(13-15)23-20(28)25-10-4-5-11-25/h2-3,6-9,12-13H,4-5,10-11,14H2,1H3,(H,22,27)(H,23,28). The van der Waals surface area contributed by atoms with E-state index in [2.05, 4.69) is 15.6 Å². The van der Waals surface area contributed by atoms with Crippen molar-refractivity contribution in [3.8, 4) is 0 Å². The summed E-state index contributed by atoms with van der Waals surface area (Å²) in [7, 11) is -3.61. The lowest BCUT2D eigenvalue weighted by atomic mass is 10.2. The highest BCUT2D eigenvalue weighted by Crippen LogP contribution is 2.18. The Morgan fingerprint density at radius 2 is 1.87 bits per heavy atom.